The predicted octanol–water partition coefficient (Wildman–Crippen LogP) is 3.33. The summed E-state index contributed by atoms with van der Waals surface area (Å²) in [4.78, 5) is 16.0. The molecule has 0 spiro atoms. The van der Waals surface area contributed by atoms with E-state index in [1.54, 1.807) is 17.9 Å². The molecule has 0 saturated heterocycles. The van der Waals surface area contributed by atoms with Crippen LogP contribution in [0.2, 0.25) is 5.02 Å². The zero-order valence-electron chi connectivity index (χ0n) is 17.5. The number of rotatable bonds is 9. The second-order valence-electron chi connectivity index (χ2n) is 7.05. The molecule has 9 nitrogen and oxygen atoms in total. The summed E-state index contributed by atoms with van der Waals surface area (Å²) in [6.45, 7) is 5.14. The molecule has 0 fully saturated rings. The number of hydrogen-bond acceptors (Lipinski definition) is 7. The average Bonchev–Trinajstić information content (AvgIpc) is 3.37. The number of nitrogens with one attached hydrogen (secondary N) is 1. The van der Waals surface area contributed by atoms with Crippen molar-refractivity contribution < 1.29 is 13.9 Å². The Bertz CT molecular complexity index is 1130. The van der Waals surface area contributed by atoms with E-state index in [-0.39, 0.29) is 17.6 Å². The van der Waals surface area contributed by atoms with Gasteiger partial charge in [0.1, 0.15) is 11.8 Å². The first-order valence-electron chi connectivity index (χ1n) is 9.62. The first-order chi connectivity index (χ1) is 14.8. The van der Waals surface area contributed by atoms with E-state index in [1.807, 2.05) is 32.2 Å². The topological polar surface area (TPSA) is 132 Å². The summed E-state index contributed by atoms with van der Waals surface area (Å²) < 4.78 is 12.5. The minimum atomic E-state index is -0.658. The van der Waals surface area contributed by atoms with E-state index < -0.39 is 5.91 Å². The van der Waals surface area contributed by atoms with E-state index in [1.165, 1.54) is 0 Å². The fourth-order valence-corrected chi connectivity index (χ4v) is 3.40. The van der Waals surface area contributed by atoms with Crippen LogP contribution in [0.3, 0.4) is 0 Å². The van der Waals surface area contributed by atoms with Gasteiger partial charge in [-0.05, 0) is 24.6 Å². The Morgan fingerprint density at radius 3 is 2.90 bits per heavy atom. The van der Waals surface area contributed by atoms with Crippen molar-refractivity contribution in [1.29, 1.82) is 5.26 Å². The number of aromatic nitrogens is 3. The van der Waals surface area contributed by atoms with Crippen molar-refractivity contribution in [2.45, 2.75) is 26.3 Å². The number of carbonyl (C=O) groups excluding carboxylic acids is 1. The highest BCUT2D eigenvalue weighted by molar-refractivity contribution is 6.32. The third kappa shape index (κ3) is 4.87. The fourth-order valence-electron chi connectivity index (χ4n) is 3.20. The highest BCUT2D eigenvalue weighted by Crippen LogP contribution is 2.30. The fraction of sp³-hybridized carbons (Fsp3) is 0.333. The number of primary amides is 1. The van der Waals surface area contributed by atoms with E-state index in [4.69, 9.17) is 31.8 Å². The number of nitrogens with two attached hydrogens (primary N) is 1. The molecule has 0 saturated carbocycles. The van der Waals surface area contributed by atoms with Crippen LogP contribution >= 0.6 is 11.6 Å². The number of carbonyl (C=O) groups is 1. The number of nitrogens with zero attached hydrogens (tertiary/aromatic N) is 4. The maximum absolute atomic E-state index is 11.8. The smallest absolute Gasteiger partial charge is 0.295 e. The van der Waals surface area contributed by atoms with Crippen LogP contribution in [0.4, 0.5) is 6.01 Å². The molecule has 1 aromatic carbocycles. The number of hydrogen-bond donors (Lipinski definition) is 2. The number of benzene rings is 1. The lowest BCUT2D eigenvalue weighted by Gasteiger charge is -2.10. The predicted molar refractivity (Wildman–Crippen MR) is 116 cm³/mol. The Balaban J connectivity index is 1.80. The molecule has 0 aliphatic rings. The quantitative estimate of drug-likeness (QED) is 0.485. The third-order valence-corrected chi connectivity index (χ3v) is 5.29. The van der Waals surface area contributed by atoms with Crippen molar-refractivity contribution in [2.24, 2.45) is 5.73 Å². The molecule has 1 atom stereocenters. The monoisotopic (exact) mass is 442 g/mol. The summed E-state index contributed by atoms with van der Waals surface area (Å²) in [7, 11) is 1.59. The number of halogens is 1. The molecule has 10 heteroatoms. The number of nitriles is 1. The van der Waals surface area contributed by atoms with Crippen molar-refractivity contribution in [3.8, 4) is 17.3 Å². The molecular weight excluding hydrogens is 420 g/mol. The summed E-state index contributed by atoms with van der Waals surface area (Å²) >= 11 is 6.28. The summed E-state index contributed by atoms with van der Waals surface area (Å²) in [5.41, 5.74) is 8.36. The minimum absolute atomic E-state index is 0.0921. The maximum atomic E-state index is 11.8. The van der Waals surface area contributed by atoms with Crippen LogP contribution in [0.1, 0.15) is 40.2 Å². The van der Waals surface area contributed by atoms with Crippen LogP contribution in [0.15, 0.2) is 28.8 Å². The number of methoxy groups -OCH3 is 1. The van der Waals surface area contributed by atoms with Crippen molar-refractivity contribution in [3.63, 3.8) is 0 Å². The summed E-state index contributed by atoms with van der Waals surface area (Å²) in [5, 5.41) is 17.1. The Kier molecular flexibility index (Phi) is 6.95. The zero-order chi connectivity index (χ0) is 22.5. The van der Waals surface area contributed by atoms with Crippen LogP contribution < -0.4 is 11.1 Å². The van der Waals surface area contributed by atoms with E-state index in [0.29, 0.717) is 36.0 Å². The molecule has 0 aliphatic heterocycles. The van der Waals surface area contributed by atoms with E-state index >= 15 is 0 Å². The Hall–Kier alpha value is -3.35. The first-order valence-corrected chi connectivity index (χ1v) is 9.99. The van der Waals surface area contributed by atoms with E-state index in [0.717, 1.165) is 16.8 Å². The number of amides is 1. The highest BCUT2D eigenvalue weighted by atomic mass is 35.5. The van der Waals surface area contributed by atoms with Gasteiger partial charge in [0.25, 0.3) is 11.9 Å². The molecular formula is C21H23ClN6O3. The maximum Gasteiger partial charge on any atom is 0.295 e. The van der Waals surface area contributed by atoms with Crippen molar-refractivity contribution in [1.82, 2.24) is 14.8 Å². The first kappa shape index (κ1) is 22.3. The molecule has 31 heavy (non-hydrogen) atoms. The minimum Gasteiger partial charge on any atom is -0.428 e. The van der Waals surface area contributed by atoms with Crippen molar-refractivity contribution in [3.05, 3.63) is 52.0 Å². The molecule has 3 rings (SSSR count). The second-order valence-corrected chi connectivity index (χ2v) is 7.43. The molecule has 162 valence electrons. The van der Waals surface area contributed by atoms with E-state index in [2.05, 4.69) is 21.5 Å². The lowest BCUT2D eigenvalue weighted by molar-refractivity contribution is 0.0993. The van der Waals surface area contributed by atoms with Crippen LogP contribution in [0.5, 0.6) is 0 Å². The number of oxazole rings is 1. The number of anilines is 1. The third-order valence-electron chi connectivity index (χ3n) is 4.80. The number of ether oxygens (including phenoxy) is 1. The van der Waals surface area contributed by atoms with Crippen LogP contribution in [0.25, 0.3) is 11.3 Å². The lowest BCUT2D eigenvalue weighted by Crippen LogP contribution is -2.16. The summed E-state index contributed by atoms with van der Waals surface area (Å²) in [6.07, 6.45) is 1.83. The van der Waals surface area contributed by atoms with Crippen LogP contribution in [-0.4, -0.2) is 40.9 Å². The normalized spacial score (nSPS) is 11.8. The van der Waals surface area contributed by atoms with Gasteiger partial charge in [-0.3, -0.25) is 9.48 Å². The van der Waals surface area contributed by atoms with Gasteiger partial charge in [-0.15, -0.1) is 0 Å². The molecule has 1 unspecified atom stereocenters. The standard InChI is InChI=1S/C21H23ClN6O3/c1-12(19-18(20(24)29)26-21(31-19)25-7-9-30-3)11-28-8-6-16(27-28)15-5-4-14(10-23)17(22)13(15)2/h4-6,8,12H,7,9,11H2,1-3H3,(H2,24,29)(H,25,26). The Morgan fingerprint density at radius 1 is 1.45 bits per heavy atom. The Morgan fingerprint density at radius 2 is 2.23 bits per heavy atom. The molecule has 1 amide bonds. The van der Waals surface area contributed by atoms with Gasteiger partial charge < -0.3 is 20.2 Å². The second kappa shape index (κ2) is 9.64. The largest absolute Gasteiger partial charge is 0.428 e. The van der Waals surface area contributed by atoms with Gasteiger partial charge in [0.2, 0.25) is 0 Å². The van der Waals surface area contributed by atoms with Crippen LogP contribution in [-0.2, 0) is 11.3 Å². The zero-order valence-corrected chi connectivity index (χ0v) is 18.2. The van der Waals surface area contributed by atoms with Crippen LogP contribution in [0, 0.1) is 18.3 Å². The summed E-state index contributed by atoms with van der Waals surface area (Å²) in [6, 6.07) is 7.67. The van der Waals surface area contributed by atoms with Gasteiger partial charge in [-0.25, -0.2) is 0 Å². The SMILES string of the molecule is COCCNc1nc(C(N)=O)c(C(C)Cn2ccc(-c3ccc(C#N)c(Cl)c3C)n2)o1. The van der Waals surface area contributed by atoms with Crippen molar-refractivity contribution in [2.75, 3.05) is 25.6 Å². The van der Waals surface area contributed by atoms with Gasteiger partial charge >= 0.3 is 0 Å². The van der Waals surface area contributed by atoms with Crippen molar-refractivity contribution >= 4 is 23.5 Å². The molecule has 2 heterocycles. The molecule has 0 bridgehead atoms. The highest BCUT2D eigenvalue weighted by Gasteiger charge is 2.23. The van der Waals surface area contributed by atoms with Gasteiger partial charge in [-0.1, -0.05) is 24.6 Å². The Labute approximate surface area is 184 Å². The molecule has 3 N–H and O–H groups in total. The molecule has 0 radical (unpaired) electrons. The molecule has 2 aromatic heterocycles. The molecule has 3 aromatic rings. The van der Waals surface area contributed by atoms with E-state index in [9.17, 15) is 4.79 Å². The molecule has 0 aliphatic carbocycles. The lowest BCUT2D eigenvalue weighted by atomic mass is 10.0. The van der Waals surface area contributed by atoms with Gasteiger partial charge in [0.05, 0.1) is 29.4 Å². The summed E-state index contributed by atoms with van der Waals surface area (Å²) in [5.74, 6) is -0.483. The average molecular weight is 443 g/mol. The van der Waals surface area contributed by atoms with Gasteiger partial charge in [0, 0.05) is 31.3 Å². The van der Waals surface area contributed by atoms with Gasteiger partial charge in [0.15, 0.2) is 5.69 Å². The van der Waals surface area contributed by atoms with Gasteiger partial charge in [-0.2, -0.15) is 15.3 Å².